The largest absolute Gasteiger partial charge is 0.457 e. The van der Waals surface area contributed by atoms with Crippen molar-refractivity contribution < 1.29 is 23.4 Å². The average Bonchev–Trinajstić information content (AvgIpc) is 3.39. The lowest BCUT2D eigenvalue weighted by molar-refractivity contribution is -0.189. The number of alkyl halides is 1. The van der Waals surface area contributed by atoms with Crippen molar-refractivity contribution in [1.29, 1.82) is 0 Å². The molecule has 34 heavy (non-hydrogen) atoms. The molecule has 4 aromatic rings. The Kier molecular flexibility index (Phi) is 6.25. The molecule has 1 fully saturated rings. The number of fused-ring (bicyclic) bond motifs is 3. The average molecular weight is 484 g/mol. The molecule has 0 aliphatic carbocycles. The minimum absolute atomic E-state index is 0.189. The topological polar surface area (TPSA) is 82.3 Å². The van der Waals surface area contributed by atoms with Crippen molar-refractivity contribution in [2.45, 2.75) is 31.1 Å². The van der Waals surface area contributed by atoms with E-state index in [0.29, 0.717) is 28.2 Å². The van der Waals surface area contributed by atoms with Gasteiger partial charge in [-0.25, -0.2) is 19.3 Å². The van der Waals surface area contributed by atoms with Gasteiger partial charge < -0.3 is 19.1 Å². The molecule has 2 aromatic carbocycles. The van der Waals surface area contributed by atoms with Crippen LogP contribution in [0.3, 0.4) is 0 Å². The summed E-state index contributed by atoms with van der Waals surface area (Å²) in [6.45, 7) is 1.29. The van der Waals surface area contributed by atoms with Crippen LogP contribution in [0, 0.1) is 5.82 Å². The summed E-state index contributed by atoms with van der Waals surface area (Å²) in [4.78, 5) is 12.9. The third kappa shape index (κ3) is 4.51. The van der Waals surface area contributed by atoms with E-state index in [1.54, 1.807) is 36.7 Å². The summed E-state index contributed by atoms with van der Waals surface area (Å²) < 4.78 is 38.5. The molecule has 7 nitrogen and oxygen atoms in total. The number of ether oxygens (including phenoxy) is 2. The summed E-state index contributed by atoms with van der Waals surface area (Å²) >= 11 is 0. The third-order valence-corrected chi connectivity index (χ3v) is 5.89. The van der Waals surface area contributed by atoms with E-state index in [2.05, 4.69) is 19.5 Å². The van der Waals surface area contributed by atoms with Gasteiger partial charge in [0.2, 0.25) is 6.10 Å². The Bertz CT molecular complexity index is 1300. The van der Waals surface area contributed by atoms with Gasteiger partial charge in [-0.2, -0.15) is 4.39 Å². The Morgan fingerprint density at radius 2 is 1.88 bits per heavy atom. The summed E-state index contributed by atoms with van der Waals surface area (Å²) in [6.07, 6.45) is 3.78. The van der Waals surface area contributed by atoms with E-state index in [1.807, 2.05) is 21.4 Å². The highest BCUT2D eigenvalue weighted by Gasteiger charge is 2.40. The van der Waals surface area contributed by atoms with Gasteiger partial charge in [0.25, 0.3) is 0 Å². The van der Waals surface area contributed by atoms with E-state index in [9.17, 15) is 13.9 Å². The fraction of sp³-hybridized carbons (Fsp3) is 0.292. The maximum absolute atomic E-state index is 14.5. The lowest BCUT2D eigenvalue weighted by Crippen LogP contribution is -2.47. The van der Waals surface area contributed by atoms with Crippen LogP contribution in [0.2, 0.25) is 0 Å². The van der Waals surface area contributed by atoms with Crippen molar-refractivity contribution in [3.05, 3.63) is 72.3 Å². The summed E-state index contributed by atoms with van der Waals surface area (Å²) in [5.74, 6) is 1.52. The molecule has 0 amide bonds. The number of nitrogens with zero attached hydrogens (tertiary/aromatic N) is 4. The third-order valence-electron chi connectivity index (χ3n) is 5.75. The molecule has 10 heteroatoms. The van der Waals surface area contributed by atoms with Gasteiger partial charge in [0.1, 0.15) is 17.4 Å². The van der Waals surface area contributed by atoms with Gasteiger partial charge in [-0.3, -0.25) is 0 Å². The number of para-hydroxylation sites is 1. The quantitative estimate of drug-likeness (QED) is 0.441. The van der Waals surface area contributed by atoms with Gasteiger partial charge in [0, 0.05) is 42.6 Å². The zero-order chi connectivity index (χ0) is 23.7. The highest BCUT2D eigenvalue weighted by molar-refractivity contribution is 7.16. The van der Waals surface area contributed by atoms with Gasteiger partial charge >= 0.3 is 0 Å². The van der Waals surface area contributed by atoms with Crippen LogP contribution < -0.4 is 4.74 Å². The summed E-state index contributed by atoms with van der Waals surface area (Å²) in [7, 11) is 1.92. The lowest BCUT2D eigenvalue weighted by Gasteiger charge is -2.34. The maximum atomic E-state index is 14.5. The van der Waals surface area contributed by atoms with Crippen LogP contribution in [0.5, 0.6) is 5.75 Å². The van der Waals surface area contributed by atoms with Crippen molar-refractivity contribution in [3.63, 3.8) is 0 Å². The van der Waals surface area contributed by atoms with Crippen LogP contribution in [0.15, 0.2) is 54.9 Å². The second-order valence-electron chi connectivity index (χ2n) is 8.21. The lowest BCUT2D eigenvalue weighted by atomic mass is 10.0. The molecule has 2 atom stereocenters. The molecule has 6 rings (SSSR count). The first-order valence-corrected chi connectivity index (χ1v) is 11.5. The monoisotopic (exact) mass is 484 g/mol. The molecule has 0 spiro atoms. The van der Waals surface area contributed by atoms with E-state index in [4.69, 9.17) is 9.47 Å². The fourth-order valence-electron chi connectivity index (χ4n) is 4.01. The van der Waals surface area contributed by atoms with Gasteiger partial charge in [-0.15, -0.1) is 0 Å². The molecule has 0 radical (unpaired) electrons. The predicted molar refractivity (Wildman–Crippen MR) is 125 cm³/mol. The van der Waals surface area contributed by atoms with E-state index in [1.165, 1.54) is 6.07 Å². The first kappa shape index (κ1) is 22.8. The standard InChI is InChI=1S/C17H15FN4O2.C7H8FOP/c18-12-5-13-14(22-3-1-2-15(22)21-13)4-11(12)10-6-19-16(20-7-10)17(23)8-24-9-17;8-7(10)9-6-4-2-1-3-5-6/h4-7,23H,1-3,8-9H2;1-5,7H,10H2. The highest BCUT2D eigenvalue weighted by Crippen LogP contribution is 2.31. The van der Waals surface area contributed by atoms with Gasteiger partial charge in [0.15, 0.2) is 11.4 Å². The minimum atomic E-state index is -1.32. The second kappa shape index (κ2) is 9.33. The summed E-state index contributed by atoms with van der Waals surface area (Å²) in [5.41, 5.74) is 1.53. The number of benzene rings is 2. The Hall–Kier alpha value is -3.00. The SMILES string of the molecule is FC(P)Oc1ccccc1.OC1(c2ncc(-c3cc4c(cc3F)nc3n4CCC3)cn2)COC1. The summed E-state index contributed by atoms with van der Waals surface area (Å²) in [5, 5.41) is 10.2. The maximum Gasteiger partial charge on any atom is 0.249 e. The molecular formula is C24H23F2N4O3P. The number of aromatic nitrogens is 4. The molecule has 176 valence electrons. The molecule has 2 aromatic heterocycles. The molecule has 2 aliphatic heterocycles. The predicted octanol–water partition coefficient (Wildman–Crippen LogP) is 3.99. The van der Waals surface area contributed by atoms with Gasteiger partial charge in [-0.05, 0) is 24.6 Å². The van der Waals surface area contributed by atoms with Crippen molar-refractivity contribution >= 4 is 20.3 Å². The number of aliphatic hydroxyl groups is 1. The van der Waals surface area contributed by atoms with Crippen molar-refractivity contribution in [2.24, 2.45) is 0 Å². The molecule has 0 saturated carbocycles. The molecular weight excluding hydrogens is 461 g/mol. The molecule has 1 N–H and O–H groups in total. The van der Waals surface area contributed by atoms with E-state index in [-0.39, 0.29) is 19.0 Å². The number of hydrogen-bond donors (Lipinski definition) is 1. The van der Waals surface area contributed by atoms with Crippen LogP contribution in [0.25, 0.3) is 22.2 Å². The zero-order valence-corrected chi connectivity index (χ0v) is 19.3. The number of hydrogen-bond acceptors (Lipinski definition) is 6. The Balaban J connectivity index is 0.000000204. The first-order chi connectivity index (χ1) is 16.4. The fourth-order valence-corrected chi connectivity index (χ4v) is 4.17. The molecule has 0 bridgehead atoms. The van der Waals surface area contributed by atoms with Crippen LogP contribution in [-0.4, -0.2) is 43.9 Å². The van der Waals surface area contributed by atoms with Crippen molar-refractivity contribution in [3.8, 4) is 16.9 Å². The smallest absolute Gasteiger partial charge is 0.249 e. The number of aryl methyl sites for hydroxylation is 2. The molecule has 2 unspecified atom stereocenters. The van der Waals surface area contributed by atoms with Crippen LogP contribution in [0.4, 0.5) is 8.78 Å². The van der Waals surface area contributed by atoms with Crippen LogP contribution in [-0.2, 0) is 23.3 Å². The van der Waals surface area contributed by atoms with Crippen molar-refractivity contribution in [1.82, 2.24) is 19.5 Å². The highest BCUT2D eigenvalue weighted by atomic mass is 31.0. The van der Waals surface area contributed by atoms with E-state index in [0.717, 1.165) is 30.7 Å². The Labute approximate surface area is 197 Å². The Morgan fingerprint density at radius 1 is 1.15 bits per heavy atom. The minimum Gasteiger partial charge on any atom is -0.457 e. The van der Waals surface area contributed by atoms with E-state index < -0.39 is 11.7 Å². The summed E-state index contributed by atoms with van der Waals surface area (Å²) in [6, 6.07) is 12.1. The number of rotatable bonds is 4. The van der Waals surface area contributed by atoms with E-state index >= 15 is 0 Å². The van der Waals surface area contributed by atoms with Crippen molar-refractivity contribution in [2.75, 3.05) is 13.2 Å². The number of halogens is 2. The zero-order valence-electron chi connectivity index (χ0n) is 18.2. The van der Waals surface area contributed by atoms with Crippen LogP contribution in [0.1, 0.15) is 18.1 Å². The van der Waals surface area contributed by atoms with Gasteiger partial charge in [-0.1, -0.05) is 27.4 Å². The molecule has 1 saturated heterocycles. The second-order valence-corrected chi connectivity index (χ2v) is 8.73. The number of imidazole rings is 1. The van der Waals surface area contributed by atoms with Crippen LogP contribution >= 0.6 is 9.24 Å². The molecule has 2 aliphatic rings. The molecule has 4 heterocycles. The van der Waals surface area contributed by atoms with Gasteiger partial charge in [0.05, 0.1) is 24.2 Å². The normalized spacial score (nSPS) is 16.8. The Morgan fingerprint density at radius 3 is 2.53 bits per heavy atom. The first-order valence-electron chi connectivity index (χ1n) is 10.9.